The number of unbranched alkanes of at least 4 members (excludes halogenated alkanes) is 2. The third kappa shape index (κ3) is 12.6. The number of benzene rings is 2. The quantitative estimate of drug-likeness (QED) is 0.190. The summed E-state index contributed by atoms with van der Waals surface area (Å²) in [7, 11) is 0. The Balaban J connectivity index is 1.64. The lowest BCUT2D eigenvalue weighted by molar-refractivity contribution is 0.0403. The SMILES string of the molecule is CCCCN(CCOCCOCCN(CCCC)C(=S)Nc1ccccc1)C(=S)Nc1ccccc1. The Morgan fingerprint density at radius 3 is 1.36 bits per heavy atom. The van der Waals surface area contributed by atoms with E-state index in [1.165, 1.54) is 0 Å². The standard InChI is InChI=1S/C28H42N4O2S2/c1-3-5-17-31(27(35)29-25-13-9-7-10-14-25)19-21-33-23-24-34-22-20-32(18-6-4-2)28(36)30-26-15-11-8-12-16-26/h7-16H,3-6,17-24H2,1-2H3,(H,29,35)(H,30,36). The van der Waals surface area contributed by atoms with E-state index >= 15 is 0 Å². The van der Waals surface area contributed by atoms with Crippen molar-refractivity contribution in [2.24, 2.45) is 0 Å². The number of nitrogens with zero attached hydrogens (tertiary/aromatic N) is 2. The van der Waals surface area contributed by atoms with Gasteiger partial charge in [-0.25, -0.2) is 0 Å². The number of hydrogen-bond donors (Lipinski definition) is 2. The summed E-state index contributed by atoms with van der Waals surface area (Å²) in [6.07, 6.45) is 4.43. The predicted molar refractivity (Wildman–Crippen MR) is 160 cm³/mol. The van der Waals surface area contributed by atoms with E-state index in [1.807, 2.05) is 60.7 Å². The fourth-order valence-corrected chi connectivity index (χ4v) is 4.05. The maximum Gasteiger partial charge on any atom is 0.173 e. The molecule has 0 saturated heterocycles. The van der Waals surface area contributed by atoms with Gasteiger partial charge in [-0.1, -0.05) is 63.1 Å². The fraction of sp³-hybridized carbons (Fsp3) is 0.500. The number of para-hydroxylation sites is 2. The molecule has 0 radical (unpaired) electrons. The molecule has 0 unspecified atom stereocenters. The molecular weight excluding hydrogens is 488 g/mol. The van der Waals surface area contributed by atoms with Crippen molar-refractivity contribution in [3.8, 4) is 0 Å². The average molecular weight is 531 g/mol. The van der Waals surface area contributed by atoms with Crippen LogP contribution in [0.3, 0.4) is 0 Å². The molecule has 0 heterocycles. The third-order valence-corrected chi connectivity index (χ3v) is 6.29. The highest BCUT2D eigenvalue weighted by Crippen LogP contribution is 2.09. The Morgan fingerprint density at radius 1 is 0.611 bits per heavy atom. The molecule has 36 heavy (non-hydrogen) atoms. The molecule has 0 aliphatic heterocycles. The molecule has 0 amide bonds. The van der Waals surface area contributed by atoms with Gasteiger partial charge in [-0.3, -0.25) is 0 Å². The first kappa shape index (κ1) is 30.0. The number of rotatable bonds is 17. The zero-order valence-electron chi connectivity index (χ0n) is 21.8. The van der Waals surface area contributed by atoms with Crippen molar-refractivity contribution in [2.75, 3.05) is 63.2 Å². The highest BCUT2D eigenvalue weighted by molar-refractivity contribution is 7.80. The Kier molecular flexibility index (Phi) is 15.8. The number of hydrogen-bond acceptors (Lipinski definition) is 4. The molecular formula is C28H42N4O2S2. The largest absolute Gasteiger partial charge is 0.377 e. The number of thiocarbonyl (C=S) groups is 2. The van der Waals surface area contributed by atoms with Crippen molar-refractivity contribution in [3.05, 3.63) is 60.7 Å². The predicted octanol–water partition coefficient (Wildman–Crippen LogP) is 6.02. The summed E-state index contributed by atoms with van der Waals surface area (Å²) >= 11 is 11.3. The molecule has 0 atom stereocenters. The Hall–Kier alpha value is -2.26. The van der Waals surface area contributed by atoms with Gasteiger partial charge in [0.1, 0.15) is 0 Å². The lowest BCUT2D eigenvalue weighted by atomic mass is 10.3. The van der Waals surface area contributed by atoms with Crippen LogP contribution in [0.1, 0.15) is 39.5 Å². The van der Waals surface area contributed by atoms with Crippen LogP contribution in [-0.2, 0) is 9.47 Å². The van der Waals surface area contributed by atoms with Crippen LogP contribution in [0, 0.1) is 0 Å². The third-order valence-electron chi connectivity index (χ3n) is 5.57. The minimum Gasteiger partial charge on any atom is -0.377 e. The van der Waals surface area contributed by atoms with E-state index in [9.17, 15) is 0 Å². The fourth-order valence-electron chi connectivity index (χ4n) is 3.45. The van der Waals surface area contributed by atoms with Crippen molar-refractivity contribution >= 4 is 46.0 Å². The van der Waals surface area contributed by atoms with E-state index in [0.717, 1.165) is 73.5 Å². The highest BCUT2D eigenvalue weighted by atomic mass is 32.1. The molecule has 6 nitrogen and oxygen atoms in total. The van der Waals surface area contributed by atoms with Crippen molar-refractivity contribution in [2.45, 2.75) is 39.5 Å². The highest BCUT2D eigenvalue weighted by Gasteiger charge is 2.11. The molecule has 2 N–H and O–H groups in total. The van der Waals surface area contributed by atoms with E-state index in [-0.39, 0.29) is 0 Å². The summed E-state index contributed by atoms with van der Waals surface area (Å²) in [6.45, 7) is 10.0. The topological polar surface area (TPSA) is 49.0 Å². The lowest BCUT2D eigenvalue weighted by Crippen LogP contribution is -2.38. The van der Waals surface area contributed by atoms with Crippen LogP contribution in [0.25, 0.3) is 0 Å². The van der Waals surface area contributed by atoms with Gasteiger partial charge in [0.05, 0.1) is 26.4 Å². The molecule has 0 saturated carbocycles. The van der Waals surface area contributed by atoms with Crippen LogP contribution in [0.2, 0.25) is 0 Å². The van der Waals surface area contributed by atoms with Crippen LogP contribution in [0.15, 0.2) is 60.7 Å². The second-order valence-electron chi connectivity index (χ2n) is 8.50. The van der Waals surface area contributed by atoms with Gasteiger partial charge in [-0.15, -0.1) is 0 Å². The van der Waals surface area contributed by atoms with Crippen LogP contribution in [0.5, 0.6) is 0 Å². The van der Waals surface area contributed by atoms with Gasteiger partial charge in [0.2, 0.25) is 0 Å². The first-order valence-electron chi connectivity index (χ1n) is 13.0. The van der Waals surface area contributed by atoms with E-state index in [2.05, 4.69) is 34.3 Å². The summed E-state index contributed by atoms with van der Waals surface area (Å²) < 4.78 is 11.7. The van der Waals surface area contributed by atoms with E-state index in [4.69, 9.17) is 33.9 Å². The first-order chi connectivity index (χ1) is 17.6. The zero-order valence-corrected chi connectivity index (χ0v) is 23.4. The van der Waals surface area contributed by atoms with Gasteiger partial charge in [-0.05, 0) is 61.5 Å². The summed E-state index contributed by atoms with van der Waals surface area (Å²) in [4.78, 5) is 4.36. The van der Waals surface area contributed by atoms with Crippen molar-refractivity contribution in [1.82, 2.24) is 9.80 Å². The Morgan fingerprint density at radius 2 is 1.00 bits per heavy atom. The molecule has 2 rings (SSSR count). The van der Waals surface area contributed by atoms with Crippen LogP contribution in [0.4, 0.5) is 11.4 Å². The van der Waals surface area contributed by atoms with Crippen LogP contribution >= 0.6 is 24.4 Å². The van der Waals surface area contributed by atoms with Crippen LogP contribution < -0.4 is 10.6 Å². The van der Waals surface area contributed by atoms with Crippen LogP contribution in [-0.4, -0.2) is 72.6 Å². The van der Waals surface area contributed by atoms with Crippen molar-refractivity contribution < 1.29 is 9.47 Å². The molecule has 198 valence electrons. The average Bonchev–Trinajstić information content (AvgIpc) is 2.90. The first-order valence-corrected chi connectivity index (χ1v) is 13.8. The molecule has 2 aromatic carbocycles. The van der Waals surface area contributed by atoms with Crippen molar-refractivity contribution in [3.63, 3.8) is 0 Å². The maximum absolute atomic E-state index is 5.84. The second-order valence-corrected chi connectivity index (χ2v) is 9.27. The molecule has 0 bridgehead atoms. The molecule has 0 aliphatic rings. The maximum atomic E-state index is 5.84. The molecule has 0 aromatic heterocycles. The Labute approximate surface area is 228 Å². The second kappa shape index (κ2) is 18.9. The van der Waals surface area contributed by atoms with E-state index in [0.29, 0.717) is 26.4 Å². The van der Waals surface area contributed by atoms with Crippen molar-refractivity contribution in [1.29, 1.82) is 0 Å². The van der Waals surface area contributed by atoms with E-state index in [1.54, 1.807) is 0 Å². The molecule has 2 aromatic rings. The normalized spacial score (nSPS) is 10.6. The smallest absolute Gasteiger partial charge is 0.173 e. The van der Waals surface area contributed by atoms with Gasteiger partial charge in [0, 0.05) is 37.6 Å². The number of ether oxygens (including phenoxy) is 2. The van der Waals surface area contributed by atoms with Gasteiger partial charge >= 0.3 is 0 Å². The molecule has 0 aliphatic carbocycles. The summed E-state index contributed by atoms with van der Waals surface area (Å²) in [6, 6.07) is 20.1. The summed E-state index contributed by atoms with van der Waals surface area (Å²) in [5.74, 6) is 0. The van der Waals surface area contributed by atoms with Gasteiger partial charge in [0.25, 0.3) is 0 Å². The van der Waals surface area contributed by atoms with E-state index < -0.39 is 0 Å². The van der Waals surface area contributed by atoms with Gasteiger partial charge < -0.3 is 29.9 Å². The minimum absolute atomic E-state index is 0.558. The molecule has 0 fully saturated rings. The molecule has 8 heteroatoms. The molecule has 0 spiro atoms. The lowest BCUT2D eigenvalue weighted by Gasteiger charge is -2.26. The van der Waals surface area contributed by atoms with Gasteiger partial charge in [0.15, 0.2) is 10.2 Å². The number of anilines is 2. The minimum atomic E-state index is 0.558. The summed E-state index contributed by atoms with van der Waals surface area (Å²) in [5, 5.41) is 8.13. The number of nitrogens with one attached hydrogen (secondary N) is 2. The zero-order chi connectivity index (χ0) is 25.8. The van der Waals surface area contributed by atoms with Gasteiger partial charge in [-0.2, -0.15) is 0 Å². The monoisotopic (exact) mass is 530 g/mol. The summed E-state index contributed by atoms with van der Waals surface area (Å²) in [5.41, 5.74) is 2.01. The Bertz CT molecular complexity index is 784.